The Kier molecular flexibility index (Phi) is 4.27. The fraction of sp³-hybridized carbons (Fsp3) is 0.471. The lowest BCUT2D eigenvalue weighted by Gasteiger charge is -2.15. The topological polar surface area (TPSA) is 28.2 Å². The predicted octanol–water partition coefficient (Wildman–Crippen LogP) is 4.21. The van der Waals surface area contributed by atoms with Crippen LogP contribution in [-0.4, -0.2) is 18.6 Å². The van der Waals surface area contributed by atoms with Gasteiger partial charge in [0.1, 0.15) is 0 Å². The molecule has 1 aromatic heterocycles. The number of nitrogens with one attached hydrogen (secondary N) is 1. The second-order valence-electron chi connectivity index (χ2n) is 5.75. The monoisotopic (exact) mass is 301 g/mol. The quantitative estimate of drug-likeness (QED) is 0.866. The minimum Gasteiger partial charge on any atom is -0.321 e. The van der Waals surface area contributed by atoms with Crippen molar-refractivity contribution in [3.05, 3.63) is 40.4 Å². The van der Waals surface area contributed by atoms with Gasteiger partial charge in [-0.2, -0.15) is 0 Å². The molecule has 0 amide bonds. The Balaban J connectivity index is 1.85. The van der Waals surface area contributed by atoms with Crippen LogP contribution in [0.1, 0.15) is 41.8 Å². The highest BCUT2D eigenvalue weighted by atomic mass is 32.1. The molecule has 1 aliphatic rings. The highest BCUT2D eigenvalue weighted by Gasteiger charge is 2.30. The summed E-state index contributed by atoms with van der Waals surface area (Å²) in [6, 6.07) is 8.64. The number of anilines is 2. The van der Waals surface area contributed by atoms with E-state index in [1.54, 1.807) is 0 Å². The minimum absolute atomic E-state index is 0.704. The Morgan fingerprint density at radius 2 is 2.00 bits per heavy atom. The van der Waals surface area contributed by atoms with Gasteiger partial charge in [0.2, 0.25) is 0 Å². The molecule has 0 saturated heterocycles. The lowest BCUT2D eigenvalue weighted by atomic mass is 10.2. The van der Waals surface area contributed by atoms with E-state index in [1.165, 1.54) is 34.7 Å². The van der Waals surface area contributed by atoms with Gasteiger partial charge in [0.25, 0.3) is 0 Å². The van der Waals surface area contributed by atoms with Crippen LogP contribution in [-0.2, 0) is 6.54 Å². The standard InChI is InChI=1S/C17H23N3S/c1-4-18-11-15-16(13-7-8-13)19-17(21-15)20(3)14-9-5-12(2)6-10-14/h5-6,9-10,13,18H,4,7-8,11H2,1-3H3. The lowest BCUT2D eigenvalue weighted by molar-refractivity contribution is 0.726. The zero-order chi connectivity index (χ0) is 14.8. The van der Waals surface area contributed by atoms with Crippen molar-refractivity contribution in [1.29, 1.82) is 0 Å². The van der Waals surface area contributed by atoms with Crippen molar-refractivity contribution in [3.63, 3.8) is 0 Å². The summed E-state index contributed by atoms with van der Waals surface area (Å²) in [4.78, 5) is 8.54. The Morgan fingerprint density at radius 3 is 2.62 bits per heavy atom. The first-order valence-corrected chi connectivity index (χ1v) is 8.51. The molecule has 1 fully saturated rings. The zero-order valence-electron chi connectivity index (χ0n) is 13.0. The smallest absolute Gasteiger partial charge is 0.190 e. The van der Waals surface area contributed by atoms with Crippen LogP contribution in [0.2, 0.25) is 0 Å². The number of hydrogen-bond acceptors (Lipinski definition) is 4. The SMILES string of the molecule is CCNCc1sc(N(C)c2ccc(C)cc2)nc1C1CC1. The van der Waals surface area contributed by atoms with Gasteiger partial charge in [0.05, 0.1) is 5.69 Å². The molecule has 1 N–H and O–H groups in total. The number of thiazole rings is 1. The minimum atomic E-state index is 0.704. The van der Waals surface area contributed by atoms with Gasteiger partial charge < -0.3 is 10.2 Å². The summed E-state index contributed by atoms with van der Waals surface area (Å²) in [6.07, 6.45) is 2.60. The van der Waals surface area contributed by atoms with Gasteiger partial charge in [-0.3, -0.25) is 0 Å². The molecule has 112 valence electrons. The van der Waals surface area contributed by atoms with Gasteiger partial charge in [-0.15, -0.1) is 0 Å². The maximum absolute atomic E-state index is 4.93. The number of aromatic nitrogens is 1. The first kappa shape index (κ1) is 14.5. The average molecular weight is 301 g/mol. The molecule has 2 aromatic rings. The van der Waals surface area contributed by atoms with Crippen molar-refractivity contribution < 1.29 is 0 Å². The van der Waals surface area contributed by atoms with E-state index >= 15 is 0 Å². The fourth-order valence-corrected chi connectivity index (χ4v) is 3.51. The number of aryl methyl sites for hydroxylation is 1. The van der Waals surface area contributed by atoms with Crippen molar-refractivity contribution >= 4 is 22.2 Å². The molecule has 0 unspecified atom stereocenters. The Hall–Kier alpha value is -1.39. The number of rotatable bonds is 6. The molecule has 1 aromatic carbocycles. The van der Waals surface area contributed by atoms with Crippen LogP contribution < -0.4 is 10.2 Å². The molecular formula is C17H23N3S. The molecule has 21 heavy (non-hydrogen) atoms. The predicted molar refractivity (Wildman–Crippen MR) is 90.7 cm³/mol. The summed E-state index contributed by atoms with van der Waals surface area (Å²) in [5, 5.41) is 4.54. The molecule has 4 heteroatoms. The van der Waals surface area contributed by atoms with E-state index in [2.05, 4.69) is 55.4 Å². The summed E-state index contributed by atoms with van der Waals surface area (Å²) in [6.45, 7) is 6.22. The van der Waals surface area contributed by atoms with Crippen LogP contribution in [0.25, 0.3) is 0 Å². The van der Waals surface area contributed by atoms with Crippen molar-refractivity contribution in [2.24, 2.45) is 0 Å². The van der Waals surface area contributed by atoms with E-state index in [0.717, 1.165) is 18.2 Å². The first-order chi connectivity index (χ1) is 10.2. The van der Waals surface area contributed by atoms with Gasteiger partial charge in [0, 0.05) is 30.1 Å². The van der Waals surface area contributed by atoms with Crippen molar-refractivity contribution in [3.8, 4) is 0 Å². The van der Waals surface area contributed by atoms with Crippen molar-refractivity contribution in [1.82, 2.24) is 10.3 Å². The maximum Gasteiger partial charge on any atom is 0.190 e. The van der Waals surface area contributed by atoms with Crippen molar-refractivity contribution in [2.45, 2.75) is 39.2 Å². The summed E-state index contributed by atoms with van der Waals surface area (Å²) in [5.74, 6) is 0.704. The van der Waals surface area contributed by atoms with E-state index in [-0.39, 0.29) is 0 Å². The molecular weight excluding hydrogens is 278 g/mol. The molecule has 1 aliphatic carbocycles. The lowest BCUT2D eigenvalue weighted by Crippen LogP contribution is -2.11. The molecule has 0 spiro atoms. The fourth-order valence-electron chi connectivity index (χ4n) is 2.41. The van der Waals surface area contributed by atoms with Crippen molar-refractivity contribution in [2.75, 3.05) is 18.5 Å². The second kappa shape index (κ2) is 6.16. The van der Waals surface area contributed by atoms with Crippen LogP contribution in [0.3, 0.4) is 0 Å². The normalized spacial score (nSPS) is 14.4. The number of hydrogen-bond donors (Lipinski definition) is 1. The third-order valence-electron chi connectivity index (χ3n) is 3.92. The first-order valence-electron chi connectivity index (χ1n) is 7.69. The molecule has 0 aliphatic heterocycles. The summed E-state index contributed by atoms with van der Waals surface area (Å²) in [7, 11) is 2.11. The van der Waals surface area contributed by atoms with Gasteiger partial charge >= 0.3 is 0 Å². The zero-order valence-corrected chi connectivity index (χ0v) is 13.8. The summed E-state index contributed by atoms with van der Waals surface area (Å²) >= 11 is 1.83. The molecule has 0 bridgehead atoms. The van der Waals surface area contributed by atoms with Crippen LogP contribution >= 0.6 is 11.3 Å². The van der Waals surface area contributed by atoms with E-state index in [4.69, 9.17) is 4.98 Å². The van der Waals surface area contributed by atoms with Gasteiger partial charge in [-0.05, 0) is 38.4 Å². The molecule has 1 heterocycles. The molecule has 3 nitrogen and oxygen atoms in total. The van der Waals surface area contributed by atoms with Gasteiger partial charge in [0.15, 0.2) is 5.13 Å². The van der Waals surface area contributed by atoms with E-state index < -0.39 is 0 Å². The Labute approximate surface area is 131 Å². The molecule has 3 rings (SSSR count). The average Bonchev–Trinajstić information content (AvgIpc) is 3.25. The van der Waals surface area contributed by atoms with Gasteiger partial charge in [-0.25, -0.2) is 4.98 Å². The highest BCUT2D eigenvalue weighted by Crippen LogP contribution is 2.44. The number of nitrogens with zero attached hydrogens (tertiary/aromatic N) is 2. The van der Waals surface area contributed by atoms with Crippen LogP contribution in [0.5, 0.6) is 0 Å². The highest BCUT2D eigenvalue weighted by molar-refractivity contribution is 7.15. The van der Waals surface area contributed by atoms with E-state index in [0.29, 0.717) is 5.92 Å². The number of benzene rings is 1. The maximum atomic E-state index is 4.93. The van der Waals surface area contributed by atoms with Gasteiger partial charge in [-0.1, -0.05) is 36.0 Å². The van der Waals surface area contributed by atoms with Crippen LogP contribution in [0.15, 0.2) is 24.3 Å². The van der Waals surface area contributed by atoms with E-state index in [9.17, 15) is 0 Å². The molecule has 0 radical (unpaired) electrons. The summed E-state index contributed by atoms with van der Waals surface area (Å²) < 4.78 is 0. The van der Waals surface area contributed by atoms with Crippen LogP contribution in [0.4, 0.5) is 10.8 Å². The third-order valence-corrected chi connectivity index (χ3v) is 5.07. The summed E-state index contributed by atoms with van der Waals surface area (Å²) in [5.41, 5.74) is 3.82. The molecule has 0 atom stereocenters. The largest absolute Gasteiger partial charge is 0.321 e. The second-order valence-corrected chi connectivity index (χ2v) is 6.82. The molecule has 1 saturated carbocycles. The third kappa shape index (κ3) is 3.27. The van der Waals surface area contributed by atoms with E-state index in [1.807, 2.05) is 11.3 Å². The Morgan fingerprint density at radius 1 is 1.29 bits per heavy atom. The van der Waals surface area contributed by atoms with Crippen LogP contribution in [0, 0.1) is 6.92 Å². The Bertz CT molecular complexity index is 599.